The molecule has 1 N–H and O–H groups in total. The number of amides is 2. The zero-order valence-electron chi connectivity index (χ0n) is 16.5. The van der Waals surface area contributed by atoms with Gasteiger partial charge >= 0.3 is 6.03 Å². The predicted octanol–water partition coefficient (Wildman–Crippen LogP) is 2.46. The summed E-state index contributed by atoms with van der Waals surface area (Å²) in [6, 6.07) is 9.18. The fraction of sp³-hybridized carbons (Fsp3) is 0.400. The molecule has 0 spiro atoms. The van der Waals surface area contributed by atoms with Crippen LogP contribution in [0.3, 0.4) is 0 Å². The van der Waals surface area contributed by atoms with E-state index in [2.05, 4.69) is 15.2 Å². The highest BCUT2D eigenvalue weighted by Crippen LogP contribution is 2.26. The standard InChI is InChI=1S/C20H26N4O4/c1-26-16-6-7-18(27-2)15(13-16)14-23-9-11-24(12-10-23)20(25)22-17-5-4-8-21-19(17)28-3/h4-8,13H,9-12,14H2,1-3H3,(H,22,25). The van der Waals surface area contributed by atoms with Crippen LogP contribution in [0.25, 0.3) is 0 Å². The normalized spacial score (nSPS) is 14.5. The van der Waals surface area contributed by atoms with Crippen LogP contribution in [0.1, 0.15) is 5.56 Å². The van der Waals surface area contributed by atoms with Gasteiger partial charge in [-0.25, -0.2) is 9.78 Å². The first-order valence-corrected chi connectivity index (χ1v) is 9.12. The lowest BCUT2D eigenvalue weighted by Crippen LogP contribution is -2.49. The molecule has 1 saturated heterocycles. The molecule has 28 heavy (non-hydrogen) atoms. The molecule has 8 heteroatoms. The zero-order valence-corrected chi connectivity index (χ0v) is 16.5. The van der Waals surface area contributed by atoms with Gasteiger partial charge < -0.3 is 24.4 Å². The third kappa shape index (κ3) is 4.64. The molecule has 1 aromatic heterocycles. The molecule has 1 aliphatic heterocycles. The minimum absolute atomic E-state index is 0.148. The van der Waals surface area contributed by atoms with Crippen molar-refractivity contribution < 1.29 is 19.0 Å². The number of rotatable bonds is 6. The largest absolute Gasteiger partial charge is 0.497 e. The van der Waals surface area contributed by atoms with Gasteiger partial charge in [-0.15, -0.1) is 0 Å². The Balaban J connectivity index is 1.56. The lowest BCUT2D eigenvalue weighted by atomic mass is 10.1. The molecule has 8 nitrogen and oxygen atoms in total. The first-order chi connectivity index (χ1) is 13.6. The van der Waals surface area contributed by atoms with Gasteiger partial charge in [0, 0.05) is 44.5 Å². The lowest BCUT2D eigenvalue weighted by Gasteiger charge is -2.35. The maximum atomic E-state index is 12.6. The number of benzene rings is 1. The van der Waals surface area contributed by atoms with Crippen molar-refractivity contribution in [3.8, 4) is 17.4 Å². The van der Waals surface area contributed by atoms with Crippen molar-refractivity contribution >= 4 is 11.7 Å². The zero-order chi connectivity index (χ0) is 19.9. The number of hydrogen-bond donors (Lipinski definition) is 1. The molecule has 0 aliphatic carbocycles. The monoisotopic (exact) mass is 386 g/mol. The minimum Gasteiger partial charge on any atom is -0.497 e. The van der Waals surface area contributed by atoms with Gasteiger partial charge in [-0.2, -0.15) is 0 Å². The van der Waals surface area contributed by atoms with Gasteiger partial charge in [0.25, 0.3) is 0 Å². The van der Waals surface area contributed by atoms with Gasteiger partial charge in [0.2, 0.25) is 5.88 Å². The summed E-state index contributed by atoms with van der Waals surface area (Å²) in [7, 11) is 4.85. The number of hydrogen-bond acceptors (Lipinski definition) is 6. The fourth-order valence-electron chi connectivity index (χ4n) is 3.20. The van der Waals surface area contributed by atoms with Crippen LogP contribution in [-0.4, -0.2) is 68.3 Å². The van der Waals surface area contributed by atoms with Gasteiger partial charge in [-0.05, 0) is 30.3 Å². The van der Waals surface area contributed by atoms with Crippen molar-refractivity contribution in [3.63, 3.8) is 0 Å². The number of nitrogens with one attached hydrogen (secondary N) is 1. The number of piperazine rings is 1. The molecule has 0 radical (unpaired) electrons. The molecule has 2 heterocycles. The Kier molecular flexibility index (Phi) is 6.54. The number of carbonyl (C=O) groups excluding carboxylic acids is 1. The molecule has 2 aromatic rings. The average molecular weight is 386 g/mol. The van der Waals surface area contributed by atoms with E-state index in [0.717, 1.165) is 36.7 Å². The van der Waals surface area contributed by atoms with E-state index in [1.807, 2.05) is 18.2 Å². The number of carbonyl (C=O) groups is 1. The third-order valence-corrected chi connectivity index (χ3v) is 4.75. The van der Waals surface area contributed by atoms with Crippen LogP contribution < -0.4 is 19.5 Å². The number of urea groups is 1. The topological polar surface area (TPSA) is 76.2 Å². The first kappa shape index (κ1) is 19.8. The van der Waals surface area contributed by atoms with E-state index in [1.54, 1.807) is 37.4 Å². The second kappa shape index (κ2) is 9.27. The van der Waals surface area contributed by atoms with Crippen molar-refractivity contribution in [2.45, 2.75) is 6.54 Å². The number of methoxy groups -OCH3 is 3. The second-order valence-electron chi connectivity index (χ2n) is 6.43. The summed E-state index contributed by atoms with van der Waals surface area (Å²) >= 11 is 0. The highest BCUT2D eigenvalue weighted by atomic mass is 16.5. The van der Waals surface area contributed by atoms with E-state index in [0.29, 0.717) is 24.7 Å². The fourth-order valence-corrected chi connectivity index (χ4v) is 3.20. The summed E-state index contributed by atoms with van der Waals surface area (Å²) in [6.45, 7) is 3.57. The smallest absolute Gasteiger partial charge is 0.322 e. The van der Waals surface area contributed by atoms with Crippen molar-refractivity contribution in [3.05, 3.63) is 42.1 Å². The van der Waals surface area contributed by atoms with Crippen molar-refractivity contribution in [1.82, 2.24) is 14.8 Å². The number of nitrogens with zero attached hydrogens (tertiary/aromatic N) is 3. The molecule has 2 amide bonds. The van der Waals surface area contributed by atoms with Crippen LogP contribution in [0.2, 0.25) is 0 Å². The number of anilines is 1. The summed E-state index contributed by atoms with van der Waals surface area (Å²) in [6.07, 6.45) is 1.63. The molecular formula is C20H26N4O4. The molecule has 0 bridgehead atoms. The van der Waals surface area contributed by atoms with Crippen LogP contribution in [-0.2, 0) is 6.54 Å². The van der Waals surface area contributed by atoms with Crippen LogP contribution in [0, 0.1) is 0 Å². The Morgan fingerprint density at radius 2 is 1.86 bits per heavy atom. The van der Waals surface area contributed by atoms with Crippen LogP contribution in [0.15, 0.2) is 36.5 Å². The second-order valence-corrected chi connectivity index (χ2v) is 6.43. The molecule has 0 unspecified atom stereocenters. The molecule has 0 saturated carbocycles. The highest BCUT2D eigenvalue weighted by molar-refractivity contribution is 5.90. The Morgan fingerprint density at radius 3 is 2.54 bits per heavy atom. The Hall–Kier alpha value is -3.00. The number of ether oxygens (including phenoxy) is 3. The number of pyridine rings is 1. The van der Waals surface area contributed by atoms with Gasteiger partial charge in [-0.3, -0.25) is 4.90 Å². The van der Waals surface area contributed by atoms with Gasteiger partial charge in [0.15, 0.2) is 0 Å². The molecule has 150 valence electrons. The SMILES string of the molecule is COc1ccc(OC)c(CN2CCN(C(=O)Nc3cccnc3OC)CC2)c1. The Labute approximate surface area is 165 Å². The van der Waals surface area contributed by atoms with Crippen LogP contribution in [0.4, 0.5) is 10.5 Å². The van der Waals surface area contributed by atoms with E-state index in [-0.39, 0.29) is 6.03 Å². The third-order valence-electron chi connectivity index (χ3n) is 4.75. The Bertz CT molecular complexity index is 807. The minimum atomic E-state index is -0.148. The summed E-state index contributed by atoms with van der Waals surface area (Å²) < 4.78 is 16.0. The molecule has 1 aromatic carbocycles. The van der Waals surface area contributed by atoms with E-state index in [1.165, 1.54) is 7.11 Å². The van der Waals surface area contributed by atoms with E-state index < -0.39 is 0 Å². The predicted molar refractivity (Wildman–Crippen MR) is 106 cm³/mol. The quantitative estimate of drug-likeness (QED) is 0.822. The van der Waals surface area contributed by atoms with Crippen LogP contribution >= 0.6 is 0 Å². The number of aromatic nitrogens is 1. The summed E-state index contributed by atoms with van der Waals surface area (Å²) in [5, 5.41) is 2.87. The molecular weight excluding hydrogens is 360 g/mol. The van der Waals surface area contributed by atoms with Gasteiger partial charge in [-0.1, -0.05) is 0 Å². The highest BCUT2D eigenvalue weighted by Gasteiger charge is 2.23. The lowest BCUT2D eigenvalue weighted by molar-refractivity contribution is 0.142. The van der Waals surface area contributed by atoms with Gasteiger partial charge in [0.1, 0.15) is 17.2 Å². The van der Waals surface area contributed by atoms with E-state index >= 15 is 0 Å². The van der Waals surface area contributed by atoms with E-state index in [4.69, 9.17) is 14.2 Å². The van der Waals surface area contributed by atoms with E-state index in [9.17, 15) is 4.79 Å². The van der Waals surface area contributed by atoms with Crippen molar-refractivity contribution in [1.29, 1.82) is 0 Å². The molecule has 3 rings (SSSR count). The molecule has 1 fully saturated rings. The Morgan fingerprint density at radius 1 is 1.07 bits per heavy atom. The van der Waals surface area contributed by atoms with Crippen molar-refractivity contribution in [2.75, 3.05) is 52.8 Å². The van der Waals surface area contributed by atoms with Crippen LogP contribution in [0.5, 0.6) is 17.4 Å². The first-order valence-electron chi connectivity index (χ1n) is 9.12. The van der Waals surface area contributed by atoms with Crippen molar-refractivity contribution in [2.24, 2.45) is 0 Å². The maximum absolute atomic E-state index is 12.6. The molecule has 1 aliphatic rings. The maximum Gasteiger partial charge on any atom is 0.322 e. The molecule has 0 atom stereocenters. The summed E-state index contributed by atoms with van der Waals surface area (Å²) in [4.78, 5) is 20.8. The summed E-state index contributed by atoms with van der Waals surface area (Å²) in [5.41, 5.74) is 1.64. The average Bonchev–Trinajstić information content (AvgIpc) is 2.74. The summed E-state index contributed by atoms with van der Waals surface area (Å²) in [5.74, 6) is 2.04. The van der Waals surface area contributed by atoms with Gasteiger partial charge in [0.05, 0.1) is 21.3 Å².